The maximum atomic E-state index is 2.47. The Balaban J connectivity index is 0.000000705. The summed E-state index contributed by atoms with van der Waals surface area (Å²) in [4.78, 5) is 0. The van der Waals surface area contributed by atoms with Crippen molar-refractivity contribution in [1.82, 2.24) is 0 Å². The second kappa shape index (κ2) is 18.3. The maximum Gasteiger partial charge on any atom is -0.0386 e. The largest absolute Gasteiger partial charge is 0.0683 e. The topological polar surface area (TPSA) is 0 Å². The molecule has 0 unspecified atom stereocenters. The summed E-state index contributed by atoms with van der Waals surface area (Å²) in [6, 6.07) is 0. The molecule has 4 fully saturated rings. The molecule has 4 aliphatic rings. The molecule has 0 heterocycles. The summed E-state index contributed by atoms with van der Waals surface area (Å²) in [5, 5.41) is 0. The van der Waals surface area contributed by atoms with Crippen molar-refractivity contribution in [3.63, 3.8) is 0 Å². The van der Waals surface area contributed by atoms with Gasteiger partial charge in [0.1, 0.15) is 0 Å². The van der Waals surface area contributed by atoms with Gasteiger partial charge in [0.15, 0.2) is 0 Å². The van der Waals surface area contributed by atoms with Crippen LogP contribution in [0.3, 0.4) is 0 Å². The van der Waals surface area contributed by atoms with E-state index in [4.69, 9.17) is 0 Å². The predicted octanol–water partition coefficient (Wildman–Crippen LogP) is 11.7. The highest BCUT2D eigenvalue weighted by Crippen LogP contribution is 2.48. The summed E-state index contributed by atoms with van der Waals surface area (Å²) in [6.07, 6.45) is 26.3. The molecule has 0 amide bonds. The molecule has 0 aromatic rings. The molecule has 0 spiro atoms. The molecule has 4 rings (SSSR count). The zero-order valence-electron chi connectivity index (χ0n) is 24.6. The van der Waals surface area contributed by atoms with Gasteiger partial charge in [0, 0.05) is 0 Å². The zero-order valence-corrected chi connectivity index (χ0v) is 24.6. The summed E-state index contributed by atoms with van der Waals surface area (Å²) >= 11 is 0. The Morgan fingerprint density at radius 1 is 0.333 bits per heavy atom. The first kappa shape index (κ1) is 31.0. The third-order valence-corrected chi connectivity index (χ3v) is 9.75. The Morgan fingerprint density at radius 3 is 0.606 bits per heavy atom. The van der Waals surface area contributed by atoms with Crippen LogP contribution in [-0.4, -0.2) is 0 Å². The van der Waals surface area contributed by atoms with Crippen LogP contribution in [0.5, 0.6) is 0 Å². The van der Waals surface area contributed by atoms with E-state index in [1.54, 1.807) is 77.0 Å². The fraction of sp³-hybridized carbons (Fsp3) is 1.00. The second-order valence-corrected chi connectivity index (χ2v) is 12.1. The molecule has 4 aliphatic carbocycles. The lowest BCUT2D eigenvalue weighted by atomic mass is 9.63. The lowest BCUT2D eigenvalue weighted by molar-refractivity contribution is 0.0876. The van der Waals surface area contributed by atoms with E-state index in [-0.39, 0.29) is 0 Å². The van der Waals surface area contributed by atoms with Crippen LogP contribution in [0.1, 0.15) is 165 Å². The summed E-state index contributed by atoms with van der Waals surface area (Å²) in [5.74, 6) is 8.70. The van der Waals surface area contributed by atoms with E-state index in [0.29, 0.717) is 0 Å². The van der Waals surface area contributed by atoms with Gasteiger partial charge in [-0.2, -0.15) is 0 Å². The molecule has 0 aromatic carbocycles. The van der Waals surface area contributed by atoms with Gasteiger partial charge in [-0.1, -0.05) is 87.5 Å². The van der Waals surface area contributed by atoms with Gasteiger partial charge in [-0.3, -0.25) is 0 Å². The molecule has 4 saturated carbocycles. The summed E-state index contributed by atoms with van der Waals surface area (Å²) in [7, 11) is 0. The Labute approximate surface area is 211 Å². The van der Waals surface area contributed by atoms with Gasteiger partial charge in [-0.25, -0.2) is 0 Å². The fourth-order valence-electron chi connectivity index (χ4n) is 7.69. The third-order valence-electron chi connectivity index (χ3n) is 9.75. The Hall–Kier alpha value is 0. The van der Waals surface area contributed by atoms with Crippen molar-refractivity contribution < 1.29 is 0 Å². The lowest BCUT2D eigenvalue weighted by Crippen LogP contribution is -2.31. The molecule has 0 bridgehead atoms. The molecular formula is C33H66. The Bertz CT molecular complexity index is 367. The minimum Gasteiger partial charge on any atom is -0.0683 e. The zero-order chi connectivity index (χ0) is 24.6. The fourth-order valence-corrected chi connectivity index (χ4v) is 7.69. The minimum absolute atomic E-state index is 1.02. The lowest BCUT2D eigenvalue weighted by Gasteiger charge is -2.42. The average molecular weight is 463 g/mol. The molecule has 198 valence electrons. The van der Waals surface area contributed by atoms with Crippen LogP contribution >= 0.6 is 0 Å². The van der Waals surface area contributed by atoms with Crippen LogP contribution in [0.4, 0.5) is 0 Å². The molecule has 0 heteroatoms. The maximum absolute atomic E-state index is 2.47. The van der Waals surface area contributed by atoms with Crippen LogP contribution in [0, 0.1) is 47.3 Å². The Kier molecular flexibility index (Phi) is 17.2. The first-order chi connectivity index (χ1) is 16.1. The SMILES string of the molecule is CC.CC.CC1CCC(C2CCC(C3CCC(C4CCC(C)CC4)CC3)CC2)CC1.CCC. The first-order valence-electron chi connectivity index (χ1n) is 16.1. The highest BCUT2D eigenvalue weighted by Gasteiger charge is 2.36. The summed E-state index contributed by atoms with van der Waals surface area (Å²) < 4.78 is 0. The van der Waals surface area contributed by atoms with Crippen LogP contribution in [0.2, 0.25) is 0 Å². The van der Waals surface area contributed by atoms with E-state index >= 15 is 0 Å². The highest BCUT2D eigenvalue weighted by atomic mass is 14.4. The van der Waals surface area contributed by atoms with Gasteiger partial charge in [0.25, 0.3) is 0 Å². The molecule has 0 N–H and O–H groups in total. The molecular weight excluding hydrogens is 396 g/mol. The number of hydrogen-bond donors (Lipinski definition) is 0. The minimum atomic E-state index is 1.02. The first-order valence-corrected chi connectivity index (χ1v) is 16.1. The smallest absolute Gasteiger partial charge is 0.0386 e. The number of hydrogen-bond acceptors (Lipinski definition) is 0. The molecule has 0 saturated heterocycles. The Morgan fingerprint density at radius 2 is 0.455 bits per heavy atom. The van der Waals surface area contributed by atoms with E-state index in [2.05, 4.69) is 27.7 Å². The normalized spacial score (nSPS) is 38.9. The highest BCUT2D eigenvalue weighted by molar-refractivity contribution is 4.87. The van der Waals surface area contributed by atoms with E-state index in [1.165, 1.54) is 32.1 Å². The average Bonchev–Trinajstić information content (AvgIpc) is 2.88. The van der Waals surface area contributed by atoms with Crippen molar-refractivity contribution >= 4 is 0 Å². The number of rotatable bonds is 3. The van der Waals surface area contributed by atoms with Gasteiger partial charge in [-0.15, -0.1) is 0 Å². The molecule has 0 radical (unpaired) electrons. The van der Waals surface area contributed by atoms with Crippen molar-refractivity contribution in [2.24, 2.45) is 47.3 Å². The molecule has 0 nitrogen and oxygen atoms in total. The van der Waals surface area contributed by atoms with Crippen LogP contribution in [-0.2, 0) is 0 Å². The van der Waals surface area contributed by atoms with Crippen molar-refractivity contribution in [3.05, 3.63) is 0 Å². The van der Waals surface area contributed by atoms with Gasteiger partial charge in [0.05, 0.1) is 0 Å². The second-order valence-electron chi connectivity index (χ2n) is 12.1. The third kappa shape index (κ3) is 10.7. The molecule has 0 aromatic heterocycles. The van der Waals surface area contributed by atoms with Crippen molar-refractivity contribution in [2.45, 2.75) is 165 Å². The molecule has 0 aliphatic heterocycles. The van der Waals surface area contributed by atoms with Gasteiger partial charge < -0.3 is 0 Å². The van der Waals surface area contributed by atoms with Crippen molar-refractivity contribution in [1.29, 1.82) is 0 Å². The van der Waals surface area contributed by atoms with E-state index in [1.807, 2.05) is 27.7 Å². The molecule has 0 atom stereocenters. The van der Waals surface area contributed by atoms with Crippen LogP contribution in [0.25, 0.3) is 0 Å². The van der Waals surface area contributed by atoms with E-state index in [0.717, 1.165) is 47.3 Å². The van der Waals surface area contributed by atoms with Gasteiger partial charge >= 0.3 is 0 Å². The van der Waals surface area contributed by atoms with Crippen LogP contribution in [0.15, 0.2) is 0 Å². The van der Waals surface area contributed by atoms with Crippen molar-refractivity contribution in [3.8, 4) is 0 Å². The van der Waals surface area contributed by atoms with Crippen LogP contribution < -0.4 is 0 Å². The monoisotopic (exact) mass is 463 g/mol. The van der Waals surface area contributed by atoms with E-state index in [9.17, 15) is 0 Å². The summed E-state index contributed by atoms with van der Waals surface area (Å²) in [5.41, 5.74) is 0. The summed E-state index contributed by atoms with van der Waals surface area (Å²) in [6.45, 7) is 17.2. The van der Waals surface area contributed by atoms with Gasteiger partial charge in [-0.05, 0) is 124 Å². The predicted molar refractivity (Wildman–Crippen MR) is 152 cm³/mol. The van der Waals surface area contributed by atoms with Gasteiger partial charge in [0.2, 0.25) is 0 Å². The molecule has 33 heavy (non-hydrogen) atoms. The van der Waals surface area contributed by atoms with E-state index < -0.39 is 0 Å². The van der Waals surface area contributed by atoms with Crippen molar-refractivity contribution in [2.75, 3.05) is 0 Å². The standard InChI is InChI=1S/C26H46.C3H8.2C2H6/c1-19-3-7-21(8-4-19)23-11-15-25(16-12-23)26-17-13-24(14-18-26)22-9-5-20(2)6-10-22;1-3-2;2*1-2/h19-26H,3-18H2,1-2H3;3H2,1-2H3;2*1-2H3. The quantitative estimate of drug-likeness (QED) is 0.391.